The predicted molar refractivity (Wildman–Crippen MR) is 103 cm³/mol. The van der Waals surface area contributed by atoms with E-state index in [0.29, 0.717) is 10.3 Å². The fourth-order valence-corrected chi connectivity index (χ4v) is 4.35. The molecule has 2 rings (SSSR count). The van der Waals surface area contributed by atoms with Gasteiger partial charge in [-0.3, -0.25) is 9.59 Å². The highest BCUT2D eigenvalue weighted by Crippen LogP contribution is 2.27. The molecule has 0 aliphatic carbocycles. The fraction of sp³-hybridized carbons (Fsp3) is 0.467. The minimum absolute atomic E-state index is 0.0626. The zero-order chi connectivity index (χ0) is 17.9. The third-order valence-corrected chi connectivity index (χ3v) is 5.35. The van der Waals surface area contributed by atoms with E-state index in [1.54, 1.807) is 29.3 Å². The number of amides is 2. The smallest absolute Gasteiger partial charge is 0.223 e. The molecule has 0 atom stereocenters. The third-order valence-electron chi connectivity index (χ3n) is 2.39. The molecule has 2 aromatic rings. The Balaban J connectivity index is 0.000000240. The quantitative estimate of drug-likeness (QED) is 0.724. The molecule has 0 saturated carbocycles. The summed E-state index contributed by atoms with van der Waals surface area (Å²) in [4.78, 5) is 30.6. The Hall–Kier alpha value is -1.45. The Morgan fingerprint density at radius 2 is 1.62 bits per heavy atom. The van der Waals surface area contributed by atoms with Gasteiger partial charge in [-0.2, -0.15) is 0 Å². The topological polar surface area (TPSA) is 84.0 Å². The summed E-state index contributed by atoms with van der Waals surface area (Å²) in [5.74, 6) is 0.895. The van der Waals surface area contributed by atoms with Crippen LogP contribution in [0.3, 0.4) is 0 Å². The van der Waals surface area contributed by atoms with Crippen molar-refractivity contribution >= 4 is 56.5 Å². The summed E-state index contributed by atoms with van der Waals surface area (Å²) in [5.41, 5.74) is 0. The molecule has 2 N–H and O–H groups in total. The molecule has 9 heteroatoms. The second-order valence-electron chi connectivity index (χ2n) is 4.66. The summed E-state index contributed by atoms with van der Waals surface area (Å²) >= 11 is 4.78. The standard InChI is InChI=1S/C8H12N2OS.C7H10N2OS2/c1-3-4-7-5-9-8(12-7)10-6(2)11;1-3-11-6-4-8-7(12-6)9-5(2)10/h5H,3-4H2,1-2H3,(H,9,10,11);4H,3H2,1-2H3,(H,8,9,10). The van der Waals surface area contributed by atoms with Crippen molar-refractivity contribution < 1.29 is 9.59 Å². The monoisotopic (exact) mass is 386 g/mol. The lowest BCUT2D eigenvalue weighted by atomic mass is 10.3. The van der Waals surface area contributed by atoms with E-state index < -0.39 is 0 Å². The molecule has 0 fully saturated rings. The summed E-state index contributed by atoms with van der Waals surface area (Å²) in [7, 11) is 0. The summed E-state index contributed by atoms with van der Waals surface area (Å²) in [5, 5.41) is 6.67. The molecule has 0 bridgehead atoms. The van der Waals surface area contributed by atoms with E-state index in [9.17, 15) is 9.59 Å². The first kappa shape index (κ1) is 20.6. The number of carbonyl (C=O) groups is 2. The highest BCUT2D eigenvalue weighted by molar-refractivity contribution is 8.01. The lowest BCUT2D eigenvalue weighted by Gasteiger charge is -1.92. The van der Waals surface area contributed by atoms with E-state index in [0.717, 1.165) is 22.8 Å². The van der Waals surface area contributed by atoms with Gasteiger partial charge in [0.15, 0.2) is 10.3 Å². The predicted octanol–water partition coefficient (Wildman–Crippen LogP) is 4.27. The zero-order valence-electron chi connectivity index (χ0n) is 14.2. The molecular formula is C15H22N4O2S3. The molecule has 0 radical (unpaired) electrons. The molecule has 24 heavy (non-hydrogen) atoms. The molecular weight excluding hydrogens is 364 g/mol. The Kier molecular flexibility index (Phi) is 9.58. The maximum absolute atomic E-state index is 10.6. The van der Waals surface area contributed by atoms with E-state index in [1.165, 1.54) is 30.1 Å². The molecule has 6 nitrogen and oxygen atoms in total. The van der Waals surface area contributed by atoms with Gasteiger partial charge in [0.1, 0.15) is 0 Å². The maximum atomic E-state index is 10.6. The van der Waals surface area contributed by atoms with Gasteiger partial charge < -0.3 is 10.6 Å². The Labute approximate surface area is 154 Å². The Morgan fingerprint density at radius 3 is 2.17 bits per heavy atom. The molecule has 132 valence electrons. The number of anilines is 2. The normalized spacial score (nSPS) is 9.83. The molecule has 0 aliphatic rings. The van der Waals surface area contributed by atoms with Crippen LogP contribution < -0.4 is 10.6 Å². The minimum Gasteiger partial charge on any atom is -0.302 e. The van der Waals surface area contributed by atoms with Crippen LogP contribution in [-0.2, 0) is 16.0 Å². The van der Waals surface area contributed by atoms with Gasteiger partial charge >= 0.3 is 0 Å². The lowest BCUT2D eigenvalue weighted by Crippen LogP contribution is -2.04. The zero-order valence-corrected chi connectivity index (χ0v) is 16.7. The van der Waals surface area contributed by atoms with Gasteiger partial charge in [-0.05, 0) is 12.2 Å². The van der Waals surface area contributed by atoms with Crippen LogP contribution in [0.25, 0.3) is 0 Å². The van der Waals surface area contributed by atoms with Crippen LogP contribution in [0.15, 0.2) is 16.6 Å². The number of rotatable bonds is 6. The summed E-state index contributed by atoms with van der Waals surface area (Å²) in [6, 6.07) is 0. The first-order chi connectivity index (χ1) is 11.4. The van der Waals surface area contributed by atoms with E-state index in [2.05, 4.69) is 34.4 Å². The van der Waals surface area contributed by atoms with Crippen molar-refractivity contribution in [3.63, 3.8) is 0 Å². The van der Waals surface area contributed by atoms with E-state index >= 15 is 0 Å². The summed E-state index contributed by atoms with van der Waals surface area (Å²) < 4.78 is 1.14. The summed E-state index contributed by atoms with van der Waals surface area (Å²) in [6.07, 6.45) is 5.75. The number of aryl methyl sites for hydroxylation is 1. The van der Waals surface area contributed by atoms with Gasteiger partial charge in [0.25, 0.3) is 0 Å². The fourth-order valence-electron chi connectivity index (χ4n) is 1.55. The van der Waals surface area contributed by atoms with Crippen molar-refractivity contribution in [3.8, 4) is 0 Å². The van der Waals surface area contributed by atoms with Crippen LogP contribution in [0.4, 0.5) is 10.3 Å². The molecule has 0 unspecified atom stereocenters. The highest BCUT2D eigenvalue weighted by atomic mass is 32.2. The number of carbonyl (C=O) groups excluding carboxylic acids is 2. The first-order valence-electron chi connectivity index (χ1n) is 7.53. The van der Waals surface area contributed by atoms with Gasteiger partial charge in [0.05, 0.1) is 10.4 Å². The van der Waals surface area contributed by atoms with Gasteiger partial charge in [0.2, 0.25) is 11.8 Å². The molecule has 0 spiro atoms. The largest absolute Gasteiger partial charge is 0.302 e. The molecule has 0 saturated heterocycles. The number of thioether (sulfide) groups is 1. The van der Waals surface area contributed by atoms with Crippen LogP contribution in [0.5, 0.6) is 0 Å². The van der Waals surface area contributed by atoms with E-state index in [-0.39, 0.29) is 11.8 Å². The first-order valence-corrected chi connectivity index (χ1v) is 10.1. The van der Waals surface area contributed by atoms with Crippen LogP contribution >= 0.6 is 34.4 Å². The third kappa shape index (κ3) is 8.42. The second-order valence-corrected chi connectivity index (χ2v) is 8.37. The number of thiazole rings is 2. The van der Waals surface area contributed by atoms with Gasteiger partial charge in [-0.25, -0.2) is 9.97 Å². The average molecular weight is 387 g/mol. The van der Waals surface area contributed by atoms with Gasteiger partial charge in [0, 0.05) is 24.9 Å². The maximum Gasteiger partial charge on any atom is 0.223 e. The SMILES string of the molecule is CCCc1cnc(NC(C)=O)s1.CCSc1cnc(NC(C)=O)s1. The van der Waals surface area contributed by atoms with Crippen molar-refractivity contribution in [3.05, 3.63) is 17.3 Å². The molecule has 2 amide bonds. The number of nitrogens with one attached hydrogen (secondary N) is 2. The Bertz CT molecular complexity index is 598. The van der Waals surface area contributed by atoms with Crippen LogP contribution in [0.2, 0.25) is 0 Å². The molecule has 0 aromatic carbocycles. The van der Waals surface area contributed by atoms with E-state index in [1.807, 2.05) is 6.20 Å². The molecule has 2 aromatic heterocycles. The molecule has 0 aliphatic heterocycles. The number of nitrogens with zero attached hydrogens (tertiary/aromatic N) is 2. The number of hydrogen-bond acceptors (Lipinski definition) is 7. The van der Waals surface area contributed by atoms with Crippen molar-refractivity contribution in [1.29, 1.82) is 0 Å². The van der Waals surface area contributed by atoms with Gasteiger partial charge in [-0.15, -0.1) is 23.1 Å². The van der Waals surface area contributed by atoms with Crippen molar-refractivity contribution in [1.82, 2.24) is 9.97 Å². The Morgan fingerprint density at radius 1 is 1.04 bits per heavy atom. The number of hydrogen-bond donors (Lipinski definition) is 2. The van der Waals surface area contributed by atoms with Crippen molar-refractivity contribution in [2.75, 3.05) is 16.4 Å². The van der Waals surface area contributed by atoms with E-state index in [4.69, 9.17) is 0 Å². The lowest BCUT2D eigenvalue weighted by molar-refractivity contribution is -0.115. The van der Waals surface area contributed by atoms with Crippen LogP contribution in [0.1, 0.15) is 39.0 Å². The van der Waals surface area contributed by atoms with Gasteiger partial charge in [-0.1, -0.05) is 31.6 Å². The van der Waals surface area contributed by atoms with Crippen molar-refractivity contribution in [2.45, 2.75) is 44.7 Å². The minimum atomic E-state index is -0.0719. The average Bonchev–Trinajstić information content (AvgIpc) is 3.09. The highest BCUT2D eigenvalue weighted by Gasteiger charge is 2.02. The second kappa shape index (κ2) is 11.2. The molecule has 2 heterocycles. The van der Waals surface area contributed by atoms with Crippen LogP contribution in [0, 0.1) is 0 Å². The summed E-state index contributed by atoms with van der Waals surface area (Å²) in [6.45, 7) is 7.18. The van der Waals surface area contributed by atoms with Crippen LogP contribution in [-0.4, -0.2) is 27.5 Å². The number of aromatic nitrogens is 2. The van der Waals surface area contributed by atoms with Crippen molar-refractivity contribution in [2.24, 2.45) is 0 Å².